The zero-order valence-corrected chi connectivity index (χ0v) is 8.14. The number of rotatable bonds is 4. The van der Waals surface area contributed by atoms with Crippen molar-refractivity contribution in [3.05, 3.63) is 23.1 Å². The van der Waals surface area contributed by atoms with Crippen molar-refractivity contribution >= 4 is 5.69 Å². The van der Waals surface area contributed by atoms with Crippen LogP contribution in [0, 0.1) is 17.3 Å². The van der Waals surface area contributed by atoms with Crippen molar-refractivity contribution in [3.63, 3.8) is 0 Å². The first-order valence-corrected chi connectivity index (χ1v) is 4.09. The minimum absolute atomic E-state index is 0.0555. The summed E-state index contributed by atoms with van der Waals surface area (Å²) < 4.78 is 10.1. The van der Waals surface area contributed by atoms with Gasteiger partial charge in [0.1, 0.15) is 6.61 Å². The van der Waals surface area contributed by atoms with Gasteiger partial charge in [0.15, 0.2) is 11.5 Å². The molecule has 0 saturated heterocycles. The number of benzene rings is 1. The molecule has 1 N–H and O–H groups in total. The van der Waals surface area contributed by atoms with Gasteiger partial charge in [-0.3, -0.25) is 0 Å². The molecular formula is C10H10NO4+. The quantitative estimate of drug-likeness (QED) is 0.601. The Morgan fingerprint density at radius 2 is 2.27 bits per heavy atom. The van der Waals surface area contributed by atoms with Crippen LogP contribution < -0.4 is 9.47 Å². The van der Waals surface area contributed by atoms with Gasteiger partial charge in [-0.15, -0.1) is 6.42 Å². The number of terminal acetylenes is 1. The summed E-state index contributed by atoms with van der Waals surface area (Å²) in [5.41, 5.74) is 0.0555. The van der Waals surface area contributed by atoms with Crippen LogP contribution in [0.4, 0.5) is 5.69 Å². The van der Waals surface area contributed by atoms with Gasteiger partial charge in [0.05, 0.1) is 18.1 Å². The molecule has 0 aliphatic heterocycles. The lowest BCUT2D eigenvalue weighted by atomic mass is 10.3. The molecule has 1 rings (SSSR count). The van der Waals surface area contributed by atoms with Crippen molar-refractivity contribution < 1.29 is 19.6 Å². The van der Waals surface area contributed by atoms with E-state index in [1.54, 1.807) is 0 Å². The van der Waals surface area contributed by atoms with Gasteiger partial charge in [0.25, 0.3) is 4.92 Å². The SMILES string of the molecule is C#CCOc1ccc([N+](=O)O)cc1OC. The molecule has 5 nitrogen and oxygen atoms in total. The lowest BCUT2D eigenvalue weighted by molar-refractivity contribution is -0.729. The zero-order chi connectivity index (χ0) is 11.3. The predicted octanol–water partition coefficient (Wildman–Crippen LogP) is 1.51. The molecule has 0 atom stereocenters. The Bertz CT molecular complexity index is 408. The highest BCUT2D eigenvalue weighted by Gasteiger charge is 2.15. The van der Waals surface area contributed by atoms with Crippen molar-refractivity contribution in [2.24, 2.45) is 0 Å². The summed E-state index contributed by atoms with van der Waals surface area (Å²) in [4.78, 5) is 10.3. The second-order valence-electron chi connectivity index (χ2n) is 2.60. The molecule has 0 saturated carbocycles. The summed E-state index contributed by atoms with van der Waals surface area (Å²) in [7, 11) is 1.42. The molecule has 0 spiro atoms. The molecule has 0 heterocycles. The Labute approximate surface area is 86.8 Å². The molecule has 0 aromatic heterocycles. The second-order valence-corrected chi connectivity index (χ2v) is 2.60. The van der Waals surface area contributed by atoms with Gasteiger partial charge in [-0.25, -0.2) is 5.21 Å². The third-order valence-electron chi connectivity index (χ3n) is 1.68. The van der Waals surface area contributed by atoms with E-state index in [9.17, 15) is 4.91 Å². The molecule has 0 aliphatic rings. The first-order valence-electron chi connectivity index (χ1n) is 4.09. The van der Waals surface area contributed by atoms with Gasteiger partial charge in [-0.05, 0) is 6.07 Å². The lowest BCUT2D eigenvalue weighted by Crippen LogP contribution is -1.98. The van der Waals surface area contributed by atoms with Crippen LogP contribution >= 0.6 is 0 Å². The van der Waals surface area contributed by atoms with E-state index < -0.39 is 0 Å². The molecule has 1 aromatic carbocycles. The fourth-order valence-electron chi connectivity index (χ4n) is 1.01. The van der Waals surface area contributed by atoms with Crippen LogP contribution in [0.25, 0.3) is 0 Å². The maximum Gasteiger partial charge on any atom is 0.320 e. The molecule has 0 aliphatic carbocycles. The highest BCUT2D eigenvalue weighted by Crippen LogP contribution is 2.30. The fourth-order valence-corrected chi connectivity index (χ4v) is 1.01. The number of methoxy groups -OCH3 is 1. The van der Waals surface area contributed by atoms with Gasteiger partial charge in [-0.1, -0.05) is 5.92 Å². The average Bonchev–Trinajstić information content (AvgIpc) is 2.25. The van der Waals surface area contributed by atoms with E-state index in [0.717, 1.165) is 0 Å². The van der Waals surface area contributed by atoms with Gasteiger partial charge in [0, 0.05) is 6.07 Å². The van der Waals surface area contributed by atoms with E-state index >= 15 is 0 Å². The summed E-state index contributed by atoms with van der Waals surface area (Å²) >= 11 is 0. The Morgan fingerprint density at radius 3 is 2.80 bits per heavy atom. The Kier molecular flexibility index (Phi) is 3.52. The Balaban J connectivity index is 2.99. The number of ether oxygens (including phenoxy) is 2. The fraction of sp³-hybridized carbons (Fsp3) is 0.200. The Hall–Kier alpha value is -2.22. The van der Waals surface area contributed by atoms with Crippen LogP contribution in [-0.4, -0.2) is 23.8 Å². The second kappa shape index (κ2) is 4.86. The van der Waals surface area contributed by atoms with Gasteiger partial charge < -0.3 is 9.47 Å². The van der Waals surface area contributed by atoms with Crippen molar-refractivity contribution in [1.82, 2.24) is 0 Å². The van der Waals surface area contributed by atoms with Gasteiger partial charge >= 0.3 is 5.69 Å². The molecule has 0 amide bonds. The summed E-state index contributed by atoms with van der Waals surface area (Å²) in [6.07, 6.45) is 5.03. The van der Waals surface area contributed by atoms with E-state index in [1.807, 2.05) is 0 Å². The standard InChI is InChI=1S/C10H10NO4/c1-3-6-15-9-5-4-8(11(12)13)7-10(9)14-2/h1,4-5,7H,6H2,2H3,(H,12,13)/q+1. The van der Waals surface area contributed by atoms with E-state index in [0.29, 0.717) is 11.5 Å². The smallest absolute Gasteiger partial charge is 0.320 e. The summed E-state index contributed by atoms with van der Waals surface area (Å²) in [6, 6.07) is 4.23. The first-order chi connectivity index (χ1) is 7.19. The Morgan fingerprint density at radius 1 is 1.53 bits per heavy atom. The topological polar surface area (TPSA) is 58.8 Å². The van der Waals surface area contributed by atoms with Crippen LogP contribution in [0.15, 0.2) is 18.2 Å². The number of hydrogen-bond donors (Lipinski definition) is 1. The molecular weight excluding hydrogens is 198 g/mol. The van der Waals surface area contributed by atoms with E-state index in [-0.39, 0.29) is 17.2 Å². The predicted molar refractivity (Wildman–Crippen MR) is 52.4 cm³/mol. The summed E-state index contributed by atoms with van der Waals surface area (Å²) in [6.45, 7) is 0.107. The van der Waals surface area contributed by atoms with Crippen LogP contribution in [0.3, 0.4) is 0 Å². The molecule has 0 radical (unpaired) electrons. The molecule has 0 fully saturated rings. The average molecular weight is 208 g/mol. The minimum Gasteiger partial charge on any atom is -0.493 e. The molecule has 78 valence electrons. The van der Waals surface area contributed by atoms with Crippen LogP contribution in [0.1, 0.15) is 0 Å². The van der Waals surface area contributed by atoms with E-state index in [4.69, 9.17) is 21.1 Å². The monoisotopic (exact) mass is 208 g/mol. The van der Waals surface area contributed by atoms with Crippen molar-refractivity contribution in [3.8, 4) is 23.8 Å². The minimum atomic E-state index is -0.256. The third kappa shape index (κ3) is 2.61. The maximum atomic E-state index is 10.6. The highest BCUT2D eigenvalue weighted by molar-refractivity contribution is 5.48. The van der Waals surface area contributed by atoms with E-state index in [2.05, 4.69) is 5.92 Å². The maximum absolute atomic E-state index is 10.6. The first kappa shape index (κ1) is 10.9. The zero-order valence-electron chi connectivity index (χ0n) is 8.14. The number of nitrogens with zero attached hydrogens (tertiary/aromatic N) is 1. The third-order valence-corrected chi connectivity index (χ3v) is 1.68. The molecule has 15 heavy (non-hydrogen) atoms. The van der Waals surface area contributed by atoms with Crippen LogP contribution in [0.5, 0.6) is 11.5 Å². The normalized spacial score (nSPS) is 9.07. The molecule has 5 heteroatoms. The summed E-state index contributed by atoms with van der Waals surface area (Å²) in [5.74, 6) is 3.05. The van der Waals surface area contributed by atoms with Crippen LogP contribution in [-0.2, 0) is 0 Å². The van der Waals surface area contributed by atoms with Crippen molar-refractivity contribution in [2.75, 3.05) is 13.7 Å². The van der Waals surface area contributed by atoms with Gasteiger partial charge in [0.2, 0.25) is 0 Å². The summed E-state index contributed by atoms with van der Waals surface area (Å²) in [5, 5.41) is 8.66. The van der Waals surface area contributed by atoms with E-state index in [1.165, 1.54) is 25.3 Å². The molecule has 0 bridgehead atoms. The van der Waals surface area contributed by atoms with Crippen molar-refractivity contribution in [2.45, 2.75) is 0 Å². The van der Waals surface area contributed by atoms with Gasteiger partial charge in [-0.2, -0.15) is 0 Å². The van der Waals surface area contributed by atoms with Crippen LogP contribution in [0.2, 0.25) is 0 Å². The van der Waals surface area contributed by atoms with Crippen molar-refractivity contribution in [1.29, 1.82) is 0 Å². The molecule has 0 unspecified atom stereocenters. The number of hydrogen-bond acceptors (Lipinski definition) is 3. The highest BCUT2D eigenvalue weighted by atomic mass is 16.6. The lowest BCUT2D eigenvalue weighted by Gasteiger charge is -2.06. The molecule has 1 aromatic rings. The largest absolute Gasteiger partial charge is 0.493 e.